The molecule has 0 saturated carbocycles. The van der Waals surface area contributed by atoms with Gasteiger partial charge < -0.3 is 16.2 Å². The second-order valence-corrected chi connectivity index (χ2v) is 15.6. The number of amides is 1. The van der Waals surface area contributed by atoms with E-state index >= 15 is 0 Å². The van der Waals surface area contributed by atoms with Crippen LogP contribution in [0.5, 0.6) is 0 Å². The molecule has 1 amide bonds. The Balaban J connectivity index is 1.42. The fraction of sp³-hybridized carbons (Fsp3) is 0.343. The van der Waals surface area contributed by atoms with Crippen molar-refractivity contribution in [3.8, 4) is 0 Å². The number of unbranched alkanes of at least 4 members (excludes halogenated alkanes) is 1. The molecular formula is C35H44N4O6S2. The molecule has 5 N–H and O–H groups in total. The Hall–Kier alpha value is -3.81. The van der Waals surface area contributed by atoms with Crippen molar-refractivity contribution in [3.63, 3.8) is 0 Å². The van der Waals surface area contributed by atoms with Crippen molar-refractivity contribution in [2.75, 3.05) is 25.4 Å². The monoisotopic (exact) mass is 680 g/mol. The van der Waals surface area contributed by atoms with Gasteiger partial charge in [0, 0.05) is 24.8 Å². The molecule has 4 aromatic carbocycles. The van der Waals surface area contributed by atoms with Crippen molar-refractivity contribution in [1.29, 1.82) is 0 Å². The number of nitrogens with zero attached hydrogens (tertiary/aromatic N) is 1. The van der Waals surface area contributed by atoms with E-state index in [4.69, 9.17) is 5.73 Å². The number of hydrogen-bond donors (Lipinski definition) is 4. The van der Waals surface area contributed by atoms with Crippen molar-refractivity contribution >= 4 is 42.4 Å². The minimum atomic E-state index is -3.98. The molecule has 252 valence electrons. The number of benzene rings is 4. The summed E-state index contributed by atoms with van der Waals surface area (Å²) >= 11 is 0. The van der Waals surface area contributed by atoms with Crippen LogP contribution in [0.15, 0.2) is 107 Å². The zero-order valence-corrected chi connectivity index (χ0v) is 28.4. The lowest BCUT2D eigenvalue weighted by atomic mass is 10.0. The Bertz CT molecular complexity index is 1830. The third kappa shape index (κ3) is 9.85. The molecule has 0 radical (unpaired) electrons. The van der Waals surface area contributed by atoms with E-state index < -0.39 is 38.0 Å². The summed E-state index contributed by atoms with van der Waals surface area (Å²) in [7, 11) is -7.88. The number of nitrogens with two attached hydrogens (primary N) is 1. The zero-order valence-electron chi connectivity index (χ0n) is 26.7. The largest absolute Gasteiger partial charge is 0.399 e. The molecule has 2 atom stereocenters. The molecular weight excluding hydrogens is 637 g/mol. The van der Waals surface area contributed by atoms with Crippen molar-refractivity contribution in [3.05, 3.63) is 103 Å². The zero-order chi connectivity index (χ0) is 34.0. The maximum absolute atomic E-state index is 13.5. The van der Waals surface area contributed by atoms with Crippen LogP contribution in [0, 0.1) is 5.92 Å². The van der Waals surface area contributed by atoms with Crippen LogP contribution in [0.4, 0.5) is 5.69 Å². The van der Waals surface area contributed by atoms with Crippen LogP contribution in [-0.4, -0.2) is 63.9 Å². The molecule has 0 aliphatic heterocycles. The van der Waals surface area contributed by atoms with Crippen LogP contribution >= 0.6 is 0 Å². The van der Waals surface area contributed by atoms with E-state index in [2.05, 4.69) is 10.0 Å². The van der Waals surface area contributed by atoms with E-state index in [0.29, 0.717) is 24.9 Å². The summed E-state index contributed by atoms with van der Waals surface area (Å²) in [6.45, 7) is 3.94. The van der Waals surface area contributed by atoms with Gasteiger partial charge in [0.25, 0.3) is 0 Å². The lowest BCUT2D eigenvalue weighted by Gasteiger charge is -2.31. The van der Waals surface area contributed by atoms with Gasteiger partial charge in [-0.25, -0.2) is 16.8 Å². The molecule has 0 aromatic heterocycles. The summed E-state index contributed by atoms with van der Waals surface area (Å²) < 4.78 is 57.4. The molecule has 0 bridgehead atoms. The fourth-order valence-corrected chi connectivity index (χ4v) is 8.42. The van der Waals surface area contributed by atoms with Gasteiger partial charge in [-0.1, -0.05) is 80.9 Å². The number of carbonyl (C=O) groups is 1. The van der Waals surface area contributed by atoms with Gasteiger partial charge in [-0.2, -0.15) is 9.03 Å². The molecule has 0 heterocycles. The highest BCUT2D eigenvalue weighted by molar-refractivity contribution is 7.89. The summed E-state index contributed by atoms with van der Waals surface area (Å²) in [6, 6.07) is 25.7. The van der Waals surface area contributed by atoms with Crippen LogP contribution in [0.25, 0.3) is 10.8 Å². The number of sulfonamides is 2. The summed E-state index contributed by atoms with van der Waals surface area (Å²) in [4.78, 5) is 13.6. The van der Waals surface area contributed by atoms with Crippen molar-refractivity contribution in [2.45, 2.75) is 61.4 Å². The number of hydrogen-bond acceptors (Lipinski definition) is 7. The molecule has 0 saturated heterocycles. The molecule has 0 aliphatic carbocycles. The van der Waals surface area contributed by atoms with Crippen LogP contribution in [0.1, 0.15) is 38.7 Å². The van der Waals surface area contributed by atoms with Gasteiger partial charge in [0.2, 0.25) is 26.0 Å². The van der Waals surface area contributed by atoms with Crippen molar-refractivity contribution in [2.24, 2.45) is 5.92 Å². The number of aliphatic hydroxyl groups is 1. The van der Waals surface area contributed by atoms with E-state index in [1.807, 2.05) is 56.3 Å². The number of carbonyl (C=O) groups excluding carboxylic acids is 1. The topological polar surface area (TPSA) is 159 Å². The van der Waals surface area contributed by atoms with Crippen molar-refractivity contribution < 1.29 is 26.7 Å². The molecule has 0 aliphatic rings. The van der Waals surface area contributed by atoms with E-state index in [-0.39, 0.29) is 41.8 Å². The smallest absolute Gasteiger partial charge is 0.243 e. The molecule has 4 aromatic rings. The second-order valence-electron chi connectivity index (χ2n) is 12.0. The second kappa shape index (κ2) is 16.3. The quantitative estimate of drug-likeness (QED) is 0.0956. The lowest BCUT2D eigenvalue weighted by molar-refractivity contribution is -0.122. The molecule has 10 nitrogen and oxygen atoms in total. The van der Waals surface area contributed by atoms with E-state index in [1.165, 1.54) is 40.7 Å². The molecule has 0 spiro atoms. The van der Waals surface area contributed by atoms with Crippen LogP contribution < -0.4 is 15.8 Å². The normalized spacial score (nSPS) is 13.6. The van der Waals surface area contributed by atoms with Gasteiger partial charge in [-0.3, -0.25) is 4.79 Å². The Morgan fingerprint density at radius 1 is 0.830 bits per heavy atom. The predicted molar refractivity (Wildman–Crippen MR) is 186 cm³/mol. The number of nitrogen functional groups attached to an aromatic ring is 1. The number of rotatable bonds is 17. The molecule has 4 rings (SSSR count). The SMILES string of the molecule is CC(C)CN([C@H](CO)CCCCNC(=O)[C@H](Cc1ccc2ccccc2c1)NS(=O)(=O)c1ccccc1)S(=O)(=O)c1ccc(N)cc1. The molecule has 0 fully saturated rings. The summed E-state index contributed by atoms with van der Waals surface area (Å²) in [5.74, 6) is -0.449. The predicted octanol–water partition coefficient (Wildman–Crippen LogP) is 4.31. The maximum Gasteiger partial charge on any atom is 0.243 e. The Morgan fingerprint density at radius 3 is 2.15 bits per heavy atom. The fourth-order valence-electron chi connectivity index (χ4n) is 5.39. The van der Waals surface area contributed by atoms with Gasteiger partial charge in [-0.05, 0) is 77.9 Å². The number of anilines is 1. The van der Waals surface area contributed by atoms with E-state index in [9.17, 15) is 26.7 Å². The maximum atomic E-state index is 13.5. The van der Waals surface area contributed by atoms with Gasteiger partial charge in [0.05, 0.1) is 16.4 Å². The van der Waals surface area contributed by atoms with Gasteiger partial charge in [0.1, 0.15) is 6.04 Å². The van der Waals surface area contributed by atoms with Crippen molar-refractivity contribution in [1.82, 2.24) is 14.3 Å². The van der Waals surface area contributed by atoms with Crippen LogP contribution in [-0.2, 0) is 31.3 Å². The number of nitrogens with one attached hydrogen (secondary N) is 2. The number of aliphatic hydroxyl groups excluding tert-OH is 1. The first-order chi connectivity index (χ1) is 22.4. The summed E-state index contributed by atoms with van der Waals surface area (Å²) in [5, 5.41) is 15.1. The first-order valence-corrected chi connectivity index (χ1v) is 18.6. The average molecular weight is 681 g/mol. The third-order valence-electron chi connectivity index (χ3n) is 7.83. The molecule has 47 heavy (non-hydrogen) atoms. The lowest BCUT2D eigenvalue weighted by Crippen LogP contribution is -2.48. The minimum absolute atomic E-state index is 0.0195. The minimum Gasteiger partial charge on any atom is -0.399 e. The Labute approximate surface area is 278 Å². The first-order valence-electron chi connectivity index (χ1n) is 15.7. The first kappa shape index (κ1) is 36.0. The summed E-state index contributed by atoms with van der Waals surface area (Å²) in [5.41, 5.74) is 7.00. The van der Waals surface area contributed by atoms with Crippen LogP contribution in [0.3, 0.4) is 0 Å². The van der Waals surface area contributed by atoms with E-state index in [1.54, 1.807) is 18.2 Å². The number of fused-ring (bicyclic) bond motifs is 1. The third-order valence-corrected chi connectivity index (χ3v) is 11.3. The Morgan fingerprint density at radius 2 is 1.49 bits per heavy atom. The standard InChI is InChI=1S/C35H44N4O6S2/c1-26(2)24-39(47(44,45)33-19-17-30(36)18-20-33)31(25-40)12-8-9-21-37-35(41)34(38-46(42,43)32-13-4-3-5-14-32)23-27-15-16-28-10-6-7-11-29(28)22-27/h3-7,10-11,13-20,22,26,31,34,38,40H,8-9,12,21,23-25,36H2,1-2H3,(H,37,41)/t31-,34-/m0/s1. The molecule has 0 unspecified atom stereocenters. The highest BCUT2D eigenvalue weighted by Crippen LogP contribution is 2.23. The highest BCUT2D eigenvalue weighted by Gasteiger charge is 2.32. The summed E-state index contributed by atoms with van der Waals surface area (Å²) in [6.07, 6.45) is 1.52. The Kier molecular flexibility index (Phi) is 12.5. The van der Waals surface area contributed by atoms with Gasteiger partial charge in [-0.15, -0.1) is 0 Å². The van der Waals surface area contributed by atoms with Gasteiger partial charge >= 0.3 is 0 Å². The van der Waals surface area contributed by atoms with Crippen LogP contribution in [0.2, 0.25) is 0 Å². The van der Waals surface area contributed by atoms with E-state index in [0.717, 1.165) is 16.3 Å². The molecule has 12 heteroatoms. The van der Waals surface area contributed by atoms with Gasteiger partial charge in [0.15, 0.2) is 0 Å². The average Bonchev–Trinajstić information content (AvgIpc) is 3.05. The highest BCUT2D eigenvalue weighted by atomic mass is 32.2.